The molecule has 0 radical (unpaired) electrons. The van der Waals surface area contributed by atoms with E-state index in [0.29, 0.717) is 24.3 Å². The number of amides is 2. The Balaban J connectivity index is 1.75. The lowest BCUT2D eigenvalue weighted by Crippen LogP contribution is -2.55. The number of halogens is 1. The molecular formula is C43H62FN3O6Si. The molecule has 54 heavy (non-hydrogen) atoms. The van der Waals surface area contributed by atoms with Gasteiger partial charge >= 0.3 is 6.09 Å². The number of aliphatic hydroxyl groups is 1. The first kappa shape index (κ1) is 42.9. The summed E-state index contributed by atoms with van der Waals surface area (Å²) in [6.07, 6.45) is 2.95. The first-order valence-electron chi connectivity index (χ1n) is 19.2. The largest absolute Gasteiger partial charge is 0.481 e. The molecule has 1 aliphatic rings. The molecule has 1 aliphatic carbocycles. The number of carbonyl (C=O) groups excluding carboxylic acids is 2. The summed E-state index contributed by atoms with van der Waals surface area (Å²) in [5.41, 5.74) is 2.52. The minimum Gasteiger partial charge on any atom is -0.481 e. The minimum atomic E-state index is -2.53. The zero-order valence-corrected chi connectivity index (χ0v) is 34.9. The SMILES string of the molecule is COc1ccc(-c2ccc(C[C@H](NC(=O)OC(C)(C)C)[C@H](C[C@@H](Cc3ccccc3F)C(=O)N[C@H]3[C@H](C)CCC[C@H]3O)O[Si](C)(C)C(C)(C)C)cc2)cn1. The maximum absolute atomic E-state index is 15.2. The highest BCUT2D eigenvalue weighted by atomic mass is 28.4. The molecule has 3 aromatic rings. The van der Waals surface area contributed by atoms with Crippen molar-refractivity contribution in [3.8, 4) is 17.0 Å². The molecule has 1 saturated carbocycles. The molecule has 4 rings (SSSR count). The average Bonchev–Trinajstić information content (AvgIpc) is 3.09. The molecule has 9 nitrogen and oxygen atoms in total. The Morgan fingerprint density at radius 1 is 0.963 bits per heavy atom. The molecule has 0 spiro atoms. The summed E-state index contributed by atoms with van der Waals surface area (Å²) in [7, 11) is -0.951. The van der Waals surface area contributed by atoms with Gasteiger partial charge in [-0.1, -0.05) is 76.6 Å². The molecule has 2 amide bonds. The molecule has 0 aliphatic heterocycles. The van der Waals surface area contributed by atoms with Gasteiger partial charge in [0.1, 0.15) is 11.4 Å². The third-order valence-electron chi connectivity index (χ3n) is 10.9. The summed E-state index contributed by atoms with van der Waals surface area (Å²) in [6, 6.07) is 17.3. The summed E-state index contributed by atoms with van der Waals surface area (Å²) >= 11 is 0. The smallest absolute Gasteiger partial charge is 0.407 e. The van der Waals surface area contributed by atoms with Crippen molar-refractivity contribution in [1.29, 1.82) is 0 Å². The van der Waals surface area contributed by atoms with Gasteiger partial charge in [0.25, 0.3) is 0 Å². The van der Waals surface area contributed by atoms with Crippen LogP contribution in [0.4, 0.5) is 9.18 Å². The van der Waals surface area contributed by atoms with Gasteiger partial charge in [-0.3, -0.25) is 4.79 Å². The summed E-state index contributed by atoms with van der Waals surface area (Å²) < 4.78 is 33.4. The van der Waals surface area contributed by atoms with E-state index in [4.69, 9.17) is 13.9 Å². The van der Waals surface area contributed by atoms with Gasteiger partial charge in [-0.15, -0.1) is 0 Å². The molecule has 2 aromatic carbocycles. The van der Waals surface area contributed by atoms with E-state index in [1.165, 1.54) is 6.07 Å². The Morgan fingerprint density at radius 2 is 1.63 bits per heavy atom. The first-order chi connectivity index (χ1) is 25.3. The second-order valence-electron chi connectivity index (χ2n) is 17.4. The van der Waals surface area contributed by atoms with Crippen molar-refractivity contribution in [2.45, 2.75) is 135 Å². The number of nitrogens with zero attached hydrogens (tertiary/aromatic N) is 1. The van der Waals surface area contributed by atoms with Crippen molar-refractivity contribution in [3.05, 3.63) is 83.8 Å². The van der Waals surface area contributed by atoms with E-state index < -0.39 is 50.2 Å². The van der Waals surface area contributed by atoms with Crippen molar-refractivity contribution in [2.24, 2.45) is 11.8 Å². The molecule has 0 saturated heterocycles. The second kappa shape index (κ2) is 18.2. The van der Waals surface area contributed by atoms with Crippen LogP contribution in [-0.2, 0) is 26.8 Å². The number of benzene rings is 2. The molecule has 3 N–H and O–H groups in total. The average molecular weight is 764 g/mol. The summed E-state index contributed by atoms with van der Waals surface area (Å²) in [6.45, 7) is 18.2. The molecule has 1 aromatic heterocycles. The van der Waals surface area contributed by atoms with Crippen molar-refractivity contribution < 1.29 is 33.0 Å². The lowest BCUT2D eigenvalue weighted by atomic mass is 9.82. The number of methoxy groups -OCH3 is 1. The maximum atomic E-state index is 15.2. The number of pyridine rings is 1. The zero-order chi connectivity index (χ0) is 39.8. The second-order valence-corrected chi connectivity index (χ2v) is 22.2. The molecule has 1 fully saturated rings. The Kier molecular flexibility index (Phi) is 14.5. The molecule has 0 bridgehead atoms. The molecule has 1 heterocycles. The number of carbonyl (C=O) groups is 2. The van der Waals surface area contributed by atoms with Crippen molar-refractivity contribution in [1.82, 2.24) is 15.6 Å². The third kappa shape index (κ3) is 12.1. The number of alkyl carbamates (subject to hydrolysis) is 1. The van der Waals surface area contributed by atoms with Gasteiger partial charge in [-0.2, -0.15) is 0 Å². The molecule has 6 atom stereocenters. The van der Waals surface area contributed by atoms with Crippen LogP contribution in [0.1, 0.15) is 85.3 Å². The van der Waals surface area contributed by atoms with E-state index in [1.54, 1.807) is 31.5 Å². The lowest BCUT2D eigenvalue weighted by Gasteiger charge is -2.43. The van der Waals surface area contributed by atoms with Gasteiger partial charge in [0, 0.05) is 23.7 Å². The first-order valence-corrected chi connectivity index (χ1v) is 22.2. The summed E-state index contributed by atoms with van der Waals surface area (Å²) in [5, 5.41) is 17.0. The number of nitrogens with one attached hydrogen (secondary N) is 2. The highest BCUT2D eigenvalue weighted by Crippen LogP contribution is 2.39. The summed E-state index contributed by atoms with van der Waals surface area (Å²) in [5.74, 6) is -0.770. The molecule has 296 valence electrons. The van der Waals surface area contributed by atoms with Crippen LogP contribution in [0.2, 0.25) is 18.1 Å². The van der Waals surface area contributed by atoms with E-state index in [1.807, 2.05) is 64.1 Å². The quantitative estimate of drug-likeness (QED) is 0.141. The molecular weight excluding hydrogens is 702 g/mol. The molecule has 11 heteroatoms. The van der Waals surface area contributed by atoms with Gasteiger partial charge in [-0.05, 0) is 106 Å². The van der Waals surface area contributed by atoms with Crippen LogP contribution >= 0.6 is 0 Å². The van der Waals surface area contributed by atoms with Crippen LogP contribution in [-0.4, -0.2) is 67.4 Å². The van der Waals surface area contributed by atoms with E-state index in [0.717, 1.165) is 29.5 Å². The predicted octanol–water partition coefficient (Wildman–Crippen LogP) is 8.64. The zero-order valence-electron chi connectivity index (χ0n) is 33.9. The van der Waals surface area contributed by atoms with Gasteiger partial charge in [0.05, 0.1) is 31.4 Å². The van der Waals surface area contributed by atoms with E-state index in [2.05, 4.69) is 49.5 Å². The number of hydrogen-bond acceptors (Lipinski definition) is 7. The van der Waals surface area contributed by atoms with Crippen molar-refractivity contribution in [3.63, 3.8) is 0 Å². The Hall–Kier alpha value is -3.80. The highest BCUT2D eigenvalue weighted by molar-refractivity contribution is 6.74. The van der Waals surface area contributed by atoms with Crippen LogP contribution < -0.4 is 15.4 Å². The molecule has 0 unspecified atom stereocenters. The van der Waals surface area contributed by atoms with E-state index >= 15 is 4.39 Å². The van der Waals surface area contributed by atoms with Gasteiger partial charge < -0.3 is 29.6 Å². The maximum Gasteiger partial charge on any atom is 0.407 e. The van der Waals surface area contributed by atoms with Crippen LogP contribution in [0.5, 0.6) is 5.88 Å². The van der Waals surface area contributed by atoms with Gasteiger partial charge in [-0.25, -0.2) is 14.2 Å². The Labute approximate surface area is 322 Å². The number of aliphatic hydroxyl groups excluding tert-OH is 1. The van der Waals surface area contributed by atoms with Crippen molar-refractivity contribution >= 4 is 20.3 Å². The normalized spacial score (nSPS) is 19.7. The van der Waals surface area contributed by atoms with Gasteiger partial charge in [0.2, 0.25) is 11.8 Å². The number of hydrogen-bond donors (Lipinski definition) is 3. The fourth-order valence-corrected chi connectivity index (χ4v) is 8.11. The summed E-state index contributed by atoms with van der Waals surface area (Å²) in [4.78, 5) is 32.3. The highest BCUT2D eigenvalue weighted by Gasteiger charge is 2.43. The van der Waals surface area contributed by atoms with Gasteiger partial charge in [0.15, 0.2) is 8.32 Å². The Morgan fingerprint density at radius 3 is 2.20 bits per heavy atom. The topological polar surface area (TPSA) is 119 Å². The van der Waals surface area contributed by atoms with Crippen LogP contribution in [0, 0.1) is 17.7 Å². The standard InChI is InChI=1S/C43H62FN3O6Si/c1-28-14-13-17-36(48)39(28)47-40(49)33(25-31-15-11-12-16-34(31)44)26-37(53-54(9,10)43(5,6)7)35(46-41(50)52-42(2,3)4)24-29-18-20-30(21-19-29)32-22-23-38(51-8)45-27-32/h11-12,15-16,18-23,27-28,33,35-37,39,48H,13-14,17,24-26H2,1-10H3,(H,46,50)(H,47,49)/t28-,33-,35+,36-,37+,39+/m1/s1. The van der Waals surface area contributed by atoms with Crippen LogP contribution in [0.25, 0.3) is 11.1 Å². The fraction of sp³-hybridized carbons (Fsp3) is 0.558. The third-order valence-corrected chi connectivity index (χ3v) is 15.4. The predicted molar refractivity (Wildman–Crippen MR) is 214 cm³/mol. The van der Waals surface area contributed by atoms with Crippen LogP contribution in [0.3, 0.4) is 0 Å². The Bertz CT molecular complexity index is 1660. The monoisotopic (exact) mass is 763 g/mol. The fourth-order valence-electron chi connectivity index (χ4n) is 6.74. The van der Waals surface area contributed by atoms with Crippen molar-refractivity contribution in [2.75, 3.05) is 7.11 Å². The minimum absolute atomic E-state index is 0.0874. The van der Waals surface area contributed by atoms with Crippen LogP contribution in [0.15, 0.2) is 66.9 Å². The lowest BCUT2D eigenvalue weighted by molar-refractivity contribution is -0.128. The number of aromatic nitrogens is 1. The van der Waals surface area contributed by atoms with E-state index in [9.17, 15) is 14.7 Å². The number of ether oxygens (including phenoxy) is 2. The number of rotatable bonds is 14. The van der Waals surface area contributed by atoms with E-state index in [-0.39, 0.29) is 35.5 Å².